The number of fused-ring (bicyclic) bond motifs is 3. The summed E-state index contributed by atoms with van der Waals surface area (Å²) in [6.07, 6.45) is 9.72. The van der Waals surface area contributed by atoms with Crippen LogP contribution in [0.2, 0.25) is 0 Å². The van der Waals surface area contributed by atoms with E-state index in [1.807, 2.05) is 17.9 Å². The van der Waals surface area contributed by atoms with Gasteiger partial charge in [-0.15, -0.1) is 0 Å². The zero-order valence-corrected chi connectivity index (χ0v) is 18.5. The zero-order chi connectivity index (χ0) is 21.8. The van der Waals surface area contributed by atoms with Gasteiger partial charge in [0.2, 0.25) is 5.91 Å². The molecular weight excluding hydrogens is 395 g/mol. The third-order valence-electron chi connectivity index (χ3n) is 7.71. The van der Waals surface area contributed by atoms with E-state index in [1.54, 1.807) is 12.3 Å². The molecule has 31 heavy (non-hydrogen) atoms. The van der Waals surface area contributed by atoms with E-state index in [9.17, 15) is 9.90 Å². The molecule has 0 radical (unpaired) electrons. The molecule has 1 aromatic carbocycles. The van der Waals surface area contributed by atoms with Crippen LogP contribution in [0, 0.1) is 11.2 Å². The molecular formula is C25H33FN2O3. The van der Waals surface area contributed by atoms with E-state index in [0.717, 1.165) is 38.5 Å². The number of amides is 1. The van der Waals surface area contributed by atoms with Crippen LogP contribution in [0.1, 0.15) is 76.7 Å². The minimum atomic E-state index is -0.466. The molecule has 5 nitrogen and oxygen atoms in total. The molecule has 0 spiro atoms. The minimum Gasteiger partial charge on any atom is -0.487 e. The van der Waals surface area contributed by atoms with Gasteiger partial charge >= 0.3 is 0 Å². The largest absolute Gasteiger partial charge is 0.487 e. The average Bonchev–Trinajstić information content (AvgIpc) is 3.44. The summed E-state index contributed by atoms with van der Waals surface area (Å²) in [6.45, 7) is 4.28. The Morgan fingerprint density at radius 2 is 2.16 bits per heavy atom. The highest BCUT2D eigenvalue weighted by Gasteiger charge is 2.46. The normalized spacial score (nSPS) is 29.2. The first-order valence-electron chi connectivity index (χ1n) is 11.8. The summed E-state index contributed by atoms with van der Waals surface area (Å²) in [7, 11) is 0. The zero-order valence-electron chi connectivity index (χ0n) is 18.5. The van der Waals surface area contributed by atoms with E-state index in [2.05, 4.69) is 11.9 Å². The summed E-state index contributed by atoms with van der Waals surface area (Å²) in [6, 6.07) is 3.77. The molecule has 4 unspecified atom stereocenters. The van der Waals surface area contributed by atoms with Gasteiger partial charge in [0.05, 0.1) is 12.0 Å². The highest BCUT2D eigenvalue weighted by molar-refractivity contribution is 5.93. The molecule has 3 fully saturated rings. The Kier molecular flexibility index (Phi) is 5.24. The number of piperidine rings is 1. The number of aliphatic hydroxyl groups excluding tert-OH is 1. The second-order valence-corrected chi connectivity index (χ2v) is 10.3. The first-order valence-corrected chi connectivity index (χ1v) is 11.8. The number of nitrogens with zero attached hydrogens (tertiary/aromatic N) is 1. The number of ether oxygens (including phenoxy) is 1. The lowest BCUT2D eigenvalue weighted by molar-refractivity contribution is -0.146. The van der Waals surface area contributed by atoms with Gasteiger partial charge in [0.1, 0.15) is 0 Å². The second-order valence-electron chi connectivity index (χ2n) is 10.3. The van der Waals surface area contributed by atoms with Crippen LogP contribution in [0.3, 0.4) is 0 Å². The van der Waals surface area contributed by atoms with Gasteiger partial charge in [-0.2, -0.15) is 0 Å². The third-order valence-corrected chi connectivity index (χ3v) is 7.71. The second kappa shape index (κ2) is 7.80. The lowest BCUT2D eigenvalue weighted by Gasteiger charge is -2.53. The number of aliphatic hydroxyl groups is 1. The number of carbonyl (C=O) groups excluding carboxylic acids is 1. The van der Waals surface area contributed by atoms with E-state index < -0.39 is 5.92 Å². The predicted octanol–water partition coefficient (Wildman–Crippen LogP) is 4.88. The molecule has 4 atom stereocenters. The smallest absolute Gasteiger partial charge is 0.230 e. The van der Waals surface area contributed by atoms with Crippen molar-refractivity contribution >= 4 is 16.8 Å². The Hall–Kier alpha value is -2.08. The first-order chi connectivity index (χ1) is 14.9. The highest BCUT2D eigenvalue weighted by Crippen LogP contribution is 2.48. The molecule has 6 heteroatoms. The molecule has 168 valence electrons. The van der Waals surface area contributed by atoms with Crippen molar-refractivity contribution in [1.29, 1.82) is 0 Å². The summed E-state index contributed by atoms with van der Waals surface area (Å²) in [5, 5.41) is 10.1. The number of aromatic nitrogens is 1. The van der Waals surface area contributed by atoms with Crippen molar-refractivity contribution in [3.8, 4) is 5.75 Å². The Bertz CT molecular complexity index is 985. The molecule has 2 aliphatic carbocycles. The fourth-order valence-corrected chi connectivity index (χ4v) is 6.02. The number of halogens is 1. The van der Waals surface area contributed by atoms with Crippen LogP contribution in [0.25, 0.3) is 10.9 Å². The third kappa shape index (κ3) is 3.73. The molecule has 2 heterocycles. The van der Waals surface area contributed by atoms with E-state index in [-0.39, 0.29) is 47.7 Å². The number of likely N-dealkylation sites (tertiary alicyclic amines) is 1. The maximum Gasteiger partial charge on any atom is 0.230 e. The Morgan fingerprint density at radius 3 is 2.90 bits per heavy atom. The predicted molar refractivity (Wildman–Crippen MR) is 118 cm³/mol. The fraction of sp³-hybridized carbons (Fsp3) is 0.640. The Morgan fingerprint density at radius 1 is 1.35 bits per heavy atom. The van der Waals surface area contributed by atoms with Crippen LogP contribution in [0.5, 0.6) is 5.75 Å². The topological polar surface area (TPSA) is 65.6 Å². The average molecular weight is 429 g/mol. The molecule has 2 aromatic rings. The maximum atomic E-state index is 15.4. The number of H-pyrrole nitrogens is 1. The summed E-state index contributed by atoms with van der Waals surface area (Å²) in [5.41, 5.74) is 1.63. The van der Waals surface area contributed by atoms with Crippen LogP contribution in [0.4, 0.5) is 4.39 Å². The highest BCUT2D eigenvalue weighted by atomic mass is 19.1. The van der Waals surface area contributed by atoms with E-state index in [1.165, 1.54) is 6.42 Å². The van der Waals surface area contributed by atoms with Gasteiger partial charge in [0.15, 0.2) is 11.6 Å². The molecule has 1 saturated heterocycles. The van der Waals surface area contributed by atoms with Gasteiger partial charge in [-0.25, -0.2) is 4.39 Å². The number of benzene rings is 1. The van der Waals surface area contributed by atoms with Gasteiger partial charge in [0, 0.05) is 35.8 Å². The van der Waals surface area contributed by atoms with E-state index >= 15 is 4.39 Å². The Balaban J connectivity index is 1.46. The molecule has 2 N–H and O–H groups in total. The van der Waals surface area contributed by atoms with Gasteiger partial charge in [0.25, 0.3) is 0 Å². The molecule has 1 aliphatic heterocycles. The van der Waals surface area contributed by atoms with Crippen LogP contribution < -0.4 is 4.74 Å². The first kappa shape index (κ1) is 20.8. The van der Waals surface area contributed by atoms with Crippen LogP contribution in [-0.4, -0.2) is 45.7 Å². The minimum absolute atomic E-state index is 0.0428. The summed E-state index contributed by atoms with van der Waals surface area (Å²) < 4.78 is 21.1. The molecule has 3 aliphatic rings. The van der Waals surface area contributed by atoms with E-state index in [4.69, 9.17) is 4.74 Å². The van der Waals surface area contributed by atoms with Crippen LogP contribution in [0.15, 0.2) is 18.3 Å². The van der Waals surface area contributed by atoms with Gasteiger partial charge in [-0.1, -0.05) is 13.3 Å². The molecule has 1 aromatic heterocycles. The monoisotopic (exact) mass is 428 g/mol. The van der Waals surface area contributed by atoms with Gasteiger partial charge < -0.3 is 19.7 Å². The van der Waals surface area contributed by atoms with Crippen molar-refractivity contribution in [2.75, 3.05) is 6.61 Å². The quantitative estimate of drug-likeness (QED) is 0.689. The maximum absolute atomic E-state index is 15.4. The van der Waals surface area contributed by atoms with E-state index in [0.29, 0.717) is 22.9 Å². The van der Waals surface area contributed by atoms with Crippen molar-refractivity contribution in [2.45, 2.75) is 89.3 Å². The number of hydrogen-bond donors (Lipinski definition) is 2. The van der Waals surface area contributed by atoms with Gasteiger partial charge in [-0.05, 0) is 75.0 Å². The number of carbonyl (C=O) groups is 1. The van der Waals surface area contributed by atoms with Crippen LogP contribution >= 0.6 is 0 Å². The number of rotatable bonds is 6. The van der Waals surface area contributed by atoms with Crippen molar-refractivity contribution in [3.63, 3.8) is 0 Å². The SMILES string of the molecule is CC(C(=O)N1C(CCO)CC2(C)CCCC1C2)c1c[nH]c2ccc(OC3CC3)c(F)c12. The van der Waals surface area contributed by atoms with Crippen molar-refractivity contribution in [2.24, 2.45) is 5.41 Å². The molecule has 2 bridgehead atoms. The van der Waals surface area contributed by atoms with Crippen molar-refractivity contribution in [1.82, 2.24) is 9.88 Å². The number of aromatic amines is 1. The molecule has 5 rings (SSSR count). The number of nitrogens with one attached hydrogen (secondary N) is 1. The summed E-state index contributed by atoms with van der Waals surface area (Å²) in [5.74, 6) is -0.529. The summed E-state index contributed by atoms with van der Waals surface area (Å²) >= 11 is 0. The summed E-state index contributed by atoms with van der Waals surface area (Å²) in [4.78, 5) is 19.0. The fourth-order valence-electron chi connectivity index (χ4n) is 6.02. The lowest BCUT2D eigenvalue weighted by atomic mass is 9.65. The van der Waals surface area contributed by atoms with Crippen LogP contribution in [-0.2, 0) is 4.79 Å². The number of hydrogen-bond acceptors (Lipinski definition) is 3. The van der Waals surface area contributed by atoms with Crippen molar-refractivity contribution < 1.29 is 19.0 Å². The molecule has 2 saturated carbocycles. The van der Waals surface area contributed by atoms with Crippen molar-refractivity contribution in [3.05, 3.63) is 29.7 Å². The molecule has 1 amide bonds. The lowest BCUT2D eigenvalue weighted by Crippen LogP contribution is -2.57. The Labute approximate surface area is 183 Å². The van der Waals surface area contributed by atoms with Gasteiger partial charge in [-0.3, -0.25) is 4.79 Å². The standard InChI is InChI=1S/C25H33FN2O3/c1-15(19-14-27-20-7-8-21(23(26)22(19)20)31-18-5-6-18)24(30)28-16-4-3-10-25(2,12-16)13-17(28)9-11-29/h7-8,14-18,27,29H,3-6,9-13H2,1-2H3.